The van der Waals surface area contributed by atoms with E-state index < -0.39 is 0 Å². The molecule has 1 heterocycles. The van der Waals surface area contributed by atoms with Crippen molar-refractivity contribution in [2.75, 3.05) is 27.3 Å². The van der Waals surface area contributed by atoms with Crippen LogP contribution >= 0.6 is 0 Å². The Bertz CT molecular complexity index is 171. The molecule has 0 aliphatic carbocycles. The molecule has 1 saturated heterocycles. The molecule has 0 unspecified atom stereocenters. The maximum atomic E-state index is 2.59. The van der Waals surface area contributed by atoms with Crippen LogP contribution in [0.15, 0.2) is 0 Å². The topological polar surface area (TPSA) is 3.24 Å². The molecule has 0 atom stereocenters. The van der Waals surface area contributed by atoms with Gasteiger partial charge in [-0.3, -0.25) is 0 Å². The largest absolute Gasteiger partial charge is 0.314 e. The first-order valence-corrected chi connectivity index (χ1v) is 4.83. The summed E-state index contributed by atoms with van der Waals surface area (Å²) in [7, 11) is 4.62. The van der Waals surface area contributed by atoms with Crippen LogP contribution in [0.2, 0.25) is 0 Å². The summed E-state index contributed by atoms with van der Waals surface area (Å²) in [6, 6.07) is 0.667. The van der Waals surface area contributed by atoms with Crippen LogP contribution in [0, 0.1) is 0 Å². The van der Waals surface area contributed by atoms with Gasteiger partial charge in [-0.1, -0.05) is 0 Å². The molecule has 0 N–H and O–H groups in total. The molecule has 0 aromatic rings. The Morgan fingerprint density at radius 2 is 1.75 bits per heavy atom. The predicted octanol–water partition coefficient (Wildman–Crippen LogP) is 1.52. The minimum absolute atomic E-state index is 0.373. The number of hydrogen-bond acceptors (Lipinski definition) is 1. The molecule has 1 aliphatic rings. The fourth-order valence-corrected chi connectivity index (χ4v) is 2.65. The lowest BCUT2D eigenvalue weighted by Crippen LogP contribution is -2.44. The van der Waals surface area contributed by atoms with Crippen LogP contribution in [0.4, 0.5) is 0 Å². The first-order chi connectivity index (χ1) is 5.25. The molecule has 0 spiro atoms. The molecule has 1 aliphatic heterocycles. The summed E-state index contributed by atoms with van der Waals surface area (Å²) in [6.45, 7) is 11.7. The second kappa shape index (κ2) is 2.71. The van der Waals surface area contributed by atoms with Crippen molar-refractivity contribution in [3.63, 3.8) is 0 Å². The zero-order valence-corrected chi connectivity index (χ0v) is 9.39. The Morgan fingerprint density at radius 3 is 1.92 bits per heavy atom. The summed E-state index contributed by atoms with van der Waals surface area (Å²) >= 11 is 0. The summed E-state index contributed by atoms with van der Waals surface area (Å²) in [4.78, 5) is 2.59. The average Bonchev–Trinajstić information content (AvgIpc) is 1.99. The fraction of sp³-hybridized carbons (Fsp3) is 1.00. The molecule has 0 amide bonds. The van der Waals surface area contributed by atoms with E-state index in [0.29, 0.717) is 11.6 Å². The van der Waals surface area contributed by atoms with Crippen LogP contribution < -0.4 is 0 Å². The standard InChI is InChI=1S/C10H23N2/c1-9(2)11-8-12(5,6)7-10(11,3)4/h9H,7-8H2,1-6H3/q+1. The van der Waals surface area contributed by atoms with Gasteiger partial charge in [-0.2, -0.15) is 0 Å². The highest BCUT2D eigenvalue weighted by Gasteiger charge is 2.44. The highest BCUT2D eigenvalue weighted by atomic mass is 15.5. The van der Waals surface area contributed by atoms with Gasteiger partial charge < -0.3 is 4.48 Å². The zero-order valence-electron chi connectivity index (χ0n) is 9.39. The summed E-state index contributed by atoms with van der Waals surface area (Å²) in [5, 5.41) is 0. The molecule has 0 aromatic carbocycles. The first-order valence-electron chi connectivity index (χ1n) is 4.83. The van der Waals surface area contributed by atoms with E-state index in [1.54, 1.807) is 0 Å². The SMILES string of the molecule is CC(C)N1C[N+](C)(C)CC1(C)C. The van der Waals surface area contributed by atoms with Crippen molar-refractivity contribution in [2.45, 2.75) is 39.3 Å². The van der Waals surface area contributed by atoms with Crippen molar-refractivity contribution < 1.29 is 4.48 Å². The third-order valence-corrected chi connectivity index (χ3v) is 2.75. The van der Waals surface area contributed by atoms with Crippen molar-refractivity contribution in [2.24, 2.45) is 0 Å². The van der Waals surface area contributed by atoms with Gasteiger partial charge in [0.15, 0.2) is 0 Å². The molecule has 72 valence electrons. The molecular weight excluding hydrogens is 148 g/mol. The Hall–Kier alpha value is -0.0800. The molecule has 2 nitrogen and oxygen atoms in total. The van der Waals surface area contributed by atoms with E-state index >= 15 is 0 Å². The summed E-state index contributed by atoms with van der Waals surface area (Å²) in [5.74, 6) is 0. The third kappa shape index (κ3) is 1.80. The molecule has 12 heavy (non-hydrogen) atoms. The monoisotopic (exact) mass is 171 g/mol. The molecular formula is C10H23N2+. The minimum Gasteiger partial charge on any atom is -0.314 e. The second-order valence-corrected chi connectivity index (χ2v) is 5.61. The van der Waals surface area contributed by atoms with Gasteiger partial charge >= 0.3 is 0 Å². The van der Waals surface area contributed by atoms with E-state index in [4.69, 9.17) is 0 Å². The van der Waals surface area contributed by atoms with Gasteiger partial charge in [0.1, 0.15) is 6.67 Å². The van der Waals surface area contributed by atoms with Gasteiger partial charge in [-0.05, 0) is 27.7 Å². The molecule has 1 fully saturated rings. The van der Waals surface area contributed by atoms with Crippen LogP contribution in [-0.4, -0.2) is 48.3 Å². The molecule has 1 rings (SSSR count). The van der Waals surface area contributed by atoms with Crippen molar-refractivity contribution in [1.29, 1.82) is 0 Å². The van der Waals surface area contributed by atoms with Crippen molar-refractivity contribution >= 4 is 0 Å². The van der Waals surface area contributed by atoms with E-state index in [-0.39, 0.29) is 0 Å². The number of rotatable bonds is 1. The molecule has 0 radical (unpaired) electrons. The first kappa shape index (κ1) is 10.0. The van der Waals surface area contributed by atoms with Crippen LogP contribution in [0.5, 0.6) is 0 Å². The lowest BCUT2D eigenvalue weighted by Gasteiger charge is -2.30. The van der Waals surface area contributed by atoms with E-state index in [1.807, 2.05) is 0 Å². The predicted molar refractivity (Wildman–Crippen MR) is 52.9 cm³/mol. The average molecular weight is 171 g/mol. The quantitative estimate of drug-likeness (QED) is 0.541. The maximum absolute atomic E-state index is 2.59. The summed E-state index contributed by atoms with van der Waals surface area (Å²) in [6.07, 6.45) is 0. The Kier molecular flexibility index (Phi) is 2.26. The fourth-order valence-electron chi connectivity index (χ4n) is 2.65. The molecule has 0 bridgehead atoms. The van der Waals surface area contributed by atoms with E-state index in [1.165, 1.54) is 13.2 Å². The number of quaternary nitrogens is 1. The highest BCUT2D eigenvalue weighted by molar-refractivity contribution is 4.86. The number of nitrogens with zero attached hydrogens (tertiary/aromatic N) is 2. The lowest BCUT2D eigenvalue weighted by atomic mass is 10.0. The van der Waals surface area contributed by atoms with Gasteiger partial charge in [-0.25, -0.2) is 4.90 Å². The van der Waals surface area contributed by atoms with E-state index in [2.05, 4.69) is 46.7 Å². The normalized spacial score (nSPS) is 28.2. The lowest BCUT2D eigenvalue weighted by molar-refractivity contribution is -0.883. The zero-order chi connectivity index (χ0) is 9.57. The van der Waals surface area contributed by atoms with Crippen LogP contribution in [0.3, 0.4) is 0 Å². The van der Waals surface area contributed by atoms with Crippen molar-refractivity contribution in [3.8, 4) is 0 Å². The second-order valence-electron chi connectivity index (χ2n) is 5.61. The maximum Gasteiger partial charge on any atom is 0.135 e. The van der Waals surface area contributed by atoms with Crippen LogP contribution in [0.1, 0.15) is 27.7 Å². The molecule has 0 saturated carbocycles. The molecule has 2 heteroatoms. The Labute approximate surface area is 76.7 Å². The Balaban J connectivity index is 2.78. The summed E-state index contributed by atoms with van der Waals surface area (Å²) in [5.41, 5.74) is 0.373. The van der Waals surface area contributed by atoms with Crippen LogP contribution in [-0.2, 0) is 0 Å². The third-order valence-electron chi connectivity index (χ3n) is 2.75. The smallest absolute Gasteiger partial charge is 0.135 e. The van der Waals surface area contributed by atoms with Gasteiger partial charge in [0, 0.05) is 6.04 Å². The van der Waals surface area contributed by atoms with Gasteiger partial charge in [0.05, 0.1) is 26.2 Å². The Morgan fingerprint density at radius 1 is 1.25 bits per heavy atom. The number of hydrogen-bond donors (Lipinski definition) is 0. The van der Waals surface area contributed by atoms with Crippen LogP contribution in [0.25, 0.3) is 0 Å². The minimum atomic E-state index is 0.373. The van der Waals surface area contributed by atoms with E-state index in [9.17, 15) is 0 Å². The number of likely N-dealkylation sites (N-methyl/N-ethyl adjacent to an activating group) is 1. The van der Waals surface area contributed by atoms with Crippen molar-refractivity contribution in [1.82, 2.24) is 4.90 Å². The van der Waals surface area contributed by atoms with Gasteiger partial charge in [0.2, 0.25) is 0 Å². The van der Waals surface area contributed by atoms with Gasteiger partial charge in [-0.15, -0.1) is 0 Å². The highest BCUT2D eigenvalue weighted by Crippen LogP contribution is 2.28. The van der Waals surface area contributed by atoms with Crippen molar-refractivity contribution in [3.05, 3.63) is 0 Å². The summed E-state index contributed by atoms with van der Waals surface area (Å²) < 4.78 is 1.13. The van der Waals surface area contributed by atoms with E-state index in [0.717, 1.165) is 4.48 Å². The molecule has 0 aromatic heterocycles. The van der Waals surface area contributed by atoms with Gasteiger partial charge in [0.25, 0.3) is 0 Å².